The van der Waals surface area contributed by atoms with E-state index in [1.807, 2.05) is 18.2 Å². The van der Waals surface area contributed by atoms with Crippen LogP contribution in [0.4, 0.5) is 5.69 Å². The first kappa shape index (κ1) is 12.0. The zero-order valence-electron chi connectivity index (χ0n) is 9.24. The van der Waals surface area contributed by atoms with Gasteiger partial charge in [-0.3, -0.25) is 0 Å². The molecule has 1 aromatic carbocycles. The van der Waals surface area contributed by atoms with Gasteiger partial charge in [-0.25, -0.2) is 0 Å². The van der Waals surface area contributed by atoms with Crippen molar-refractivity contribution < 1.29 is 5.11 Å². The van der Waals surface area contributed by atoms with E-state index in [4.69, 9.17) is 10.8 Å². The lowest BCUT2D eigenvalue weighted by Gasteiger charge is -2.12. The summed E-state index contributed by atoms with van der Waals surface area (Å²) in [5.74, 6) is 0. The summed E-state index contributed by atoms with van der Waals surface area (Å²) in [5, 5.41) is 12.1. The van der Waals surface area contributed by atoms with Crippen molar-refractivity contribution in [3.8, 4) is 0 Å². The van der Waals surface area contributed by atoms with E-state index in [0.717, 1.165) is 24.2 Å². The number of aliphatic hydroxyl groups excluding tert-OH is 1. The van der Waals surface area contributed by atoms with Crippen LogP contribution in [0.1, 0.15) is 18.9 Å². The summed E-state index contributed by atoms with van der Waals surface area (Å²) < 4.78 is 0. The van der Waals surface area contributed by atoms with E-state index in [2.05, 4.69) is 18.3 Å². The van der Waals surface area contributed by atoms with Crippen LogP contribution in [0.3, 0.4) is 0 Å². The molecule has 4 N–H and O–H groups in total. The van der Waals surface area contributed by atoms with E-state index in [1.165, 1.54) is 0 Å². The van der Waals surface area contributed by atoms with E-state index < -0.39 is 0 Å². The van der Waals surface area contributed by atoms with Gasteiger partial charge in [0.05, 0.1) is 0 Å². The molecule has 0 aromatic heterocycles. The zero-order valence-corrected chi connectivity index (χ0v) is 9.24. The molecule has 15 heavy (non-hydrogen) atoms. The van der Waals surface area contributed by atoms with Crippen LogP contribution in [0.15, 0.2) is 24.3 Å². The Hall–Kier alpha value is -1.06. The topological polar surface area (TPSA) is 58.3 Å². The van der Waals surface area contributed by atoms with Gasteiger partial charge in [-0.15, -0.1) is 0 Å². The van der Waals surface area contributed by atoms with Crippen LogP contribution in [-0.4, -0.2) is 24.3 Å². The molecule has 0 amide bonds. The normalized spacial score (nSPS) is 12.5. The van der Waals surface area contributed by atoms with Crippen molar-refractivity contribution in [1.29, 1.82) is 0 Å². The molecule has 0 aliphatic heterocycles. The summed E-state index contributed by atoms with van der Waals surface area (Å²) in [6.45, 7) is 3.06. The number of hydrogen-bond acceptors (Lipinski definition) is 3. The van der Waals surface area contributed by atoms with Crippen LogP contribution >= 0.6 is 0 Å². The van der Waals surface area contributed by atoms with E-state index >= 15 is 0 Å². The molecule has 0 heterocycles. The second kappa shape index (κ2) is 6.43. The van der Waals surface area contributed by atoms with Crippen LogP contribution in [-0.2, 0) is 6.42 Å². The Morgan fingerprint density at radius 1 is 1.47 bits per heavy atom. The highest BCUT2D eigenvalue weighted by molar-refractivity contribution is 5.45. The third-order valence-corrected chi connectivity index (χ3v) is 2.42. The van der Waals surface area contributed by atoms with Crippen molar-refractivity contribution in [2.24, 2.45) is 5.73 Å². The van der Waals surface area contributed by atoms with Gasteiger partial charge < -0.3 is 16.2 Å². The van der Waals surface area contributed by atoms with E-state index in [9.17, 15) is 0 Å². The first-order valence-corrected chi connectivity index (χ1v) is 5.45. The number of aliphatic hydroxyl groups is 1. The van der Waals surface area contributed by atoms with Gasteiger partial charge in [-0.2, -0.15) is 0 Å². The molecule has 1 aromatic rings. The smallest absolute Gasteiger partial charge is 0.0471 e. The summed E-state index contributed by atoms with van der Waals surface area (Å²) in [6, 6.07) is 8.28. The lowest BCUT2D eigenvalue weighted by Crippen LogP contribution is -2.27. The van der Waals surface area contributed by atoms with Gasteiger partial charge in [0.1, 0.15) is 0 Å². The molecule has 0 saturated carbocycles. The molecule has 0 radical (unpaired) electrons. The number of hydrogen-bond donors (Lipinski definition) is 3. The van der Waals surface area contributed by atoms with Crippen LogP contribution in [0.2, 0.25) is 0 Å². The molecule has 84 valence electrons. The zero-order chi connectivity index (χ0) is 11.1. The van der Waals surface area contributed by atoms with Crippen molar-refractivity contribution in [3.63, 3.8) is 0 Å². The number of rotatable bonds is 6. The Bertz CT molecular complexity index is 289. The van der Waals surface area contributed by atoms with Crippen LogP contribution in [0.5, 0.6) is 0 Å². The van der Waals surface area contributed by atoms with Crippen LogP contribution in [0, 0.1) is 0 Å². The highest BCUT2D eigenvalue weighted by Gasteiger charge is 1.99. The summed E-state index contributed by atoms with van der Waals surface area (Å²) in [7, 11) is 0. The van der Waals surface area contributed by atoms with Crippen molar-refractivity contribution in [3.05, 3.63) is 29.8 Å². The van der Waals surface area contributed by atoms with Gasteiger partial charge in [-0.1, -0.05) is 19.1 Å². The van der Waals surface area contributed by atoms with E-state index in [-0.39, 0.29) is 12.6 Å². The summed E-state index contributed by atoms with van der Waals surface area (Å²) >= 11 is 0. The Labute approximate surface area is 91.3 Å². The van der Waals surface area contributed by atoms with Crippen molar-refractivity contribution in [2.75, 3.05) is 18.5 Å². The Morgan fingerprint density at radius 2 is 2.27 bits per heavy atom. The molecule has 3 heteroatoms. The fourth-order valence-corrected chi connectivity index (χ4v) is 1.36. The Morgan fingerprint density at radius 3 is 2.93 bits per heavy atom. The first-order valence-electron chi connectivity index (χ1n) is 5.45. The standard InChI is InChI=1S/C12H20N2O/c1-2-11(13)9-14-12-5-3-4-10(8-12)6-7-15/h3-5,8,11,14-15H,2,6-7,9,13H2,1H3. The van der Waals surface area contributed by atoms with Gasteiger partial charge in [0.2, 0.25) is 0 Å². The highest BCUT2D eigenvalue weighted by atomic mass is 16.2. The Balaban J connectivity index is 2.50. The van der Waals surface area contributed by atoms with Crippen molar-refractivity contribution >= 4 is 5.69 Å². The fourth-order valence-electron chi connectivity index (χ4n) is 1.36. The lowest BCUT2D eigenvalue weighted by atomic mass is 10.1. The maximum absolute atomic E-state index is 8.83. The largest absolute Gasteiger partial charge is 0.396 e. The summed E-state index contributed by atoms with van der Waals surface area (Å²) in [6.07, 6.45) is 1.68. The second-order valence-electron chi connectivity index (χ2n) is 3.72. The molecule has 0 aliphatic rings. The molecule has 0 spiro atoms. The minimum Gasteiger partial charge on any atom is -0.396 e. The van der Waals surface area contributed by atoms with Gasteiger partial charge in [-0.05, 0) is 30.5 Å². The Kier molecular flexibility index (Phi) is 5.15. The van der Waals surface area contributed by atoms with Gasteiger partial charge in [0.25, 0.3) is 0 Å². The summed E-state index contributed by atoms with van der Waals surface area (Å²) in [5.41, 5.74) is 8.03. The molecule has 1 unspecified atom stereocenters. The van der Waals surface area contributed by atoms with Gasteiger partial charge in [0.15, 0.2) is 0 Å². The molecular weight excluding hydrogens is 188 g/mol. The van der Waals surface area contributed by atoms with Gasteiger partial charge >= 0.3 is 0 Å². The molecular formula is C12H20N2O. The monoisotopic (exact) mass is 208 g/mol. The quantitative estimate of drug-likeness (QED) is 0.662. The first-order chi connectivity index (χ1) is 7.26. The number of anilines is 1. The minimum absolute atomic E-state index is 0.192. The number of nitrogens with two attached hydrogens (primary N) is 1. The molecule has 0 aliphatic carbocycles. The second-order valence-corrected chi connectivity index (χ2v) is 3.72. The maximum atomic E-state index is 8.83. The predicted molar refractivity (Wildman–Crippen MR) is 64.0 cm³/mol. The lowest BCUT2D eigenvalue weighted by molar-refractivity contribution is 0.299. The predicted octanol–water partition coefficient (Wildman–Crippen LogP) is 1.37. The molecule has 0 fully saturated rings. The van der Waals surface area contributed by atoms with Gasteiger partial charge in [0, 0.05) is 24.9 Å². The third-order valence-electron chi connectivity index (χ3n) is 2.42. The molecule has 0 bridgehead atoms. The fraction of sp³-hybridized carbons (Fsp3) is 0.500. The van der Waals surface area contributed by atoms with Crippen molar-refractivity contribution in [1.82, 2.24) is 0 Å². The molecule has 3 nitrogen and oxygen atoms in total. The third kappa shape index (κ3) is 4.32. The maximum Gasteiger partial charge on any atom is 0.0471 e. The van der Waals surface area contributed by atoms with E-state index in [0.29, 0.717) is 6.42 Å². The van der Waals surface area contributed by atoms with Crippen LogP contribution < -0.4 is 11.1 Å². The van der Waals surface area contributed by atoms with Crippen molar-refractivity contribution in [2.45, 2.75) is 25.8 Å². The average Bonchev–Trinajstić information content (AvgIpc) is 2.27. The minimum atomic E-state index is 0.192. The summed E-state index contributed by atoms with van der Waals surface area (Å²) in [4.78, 5) is 0. The van der Waals surface area contributed by atoms with Crippen LogP contribution in [0.25, 0.3) is 0 Å². The number of benzene rings is 1. The molecule has 1 atom stereocenters. The average molecular weight is 208 g/mol. The SMILES string of the molecule is CCC(N)CNc1cccc(CCO)c1. The van der Waals surface area contributed by atoms with E-state index in [1.54, 1.807) is 0 Å². The number of nitrogens with one attached hydrogen (secondary N) is 1. The highest BCUT2D eigenvalue weighted by Crippen LogP contribution is 2.10. The molecule has 1 rings (SSSR count). The molecule has 0 saturated heterocycles.